The van der Waals surface area contributed by atoms with Gasteiger partial charge < -0.3 is 14.2 Å². The third-order valence-electron chi connectivity index (χ3n) is 2.95. The number of para-hydroxylation sites is 1. The van der Waals surface area contributed by atoms with Gasteiger partial charge >= 0.3 is 0 Å². The summed E-state index contributed by atoms with van der Waals surface area (Å²) in [4.78, 5) is 11.4. The molecule has 3 rings (SSSR count). The summed E-state index contributed by atoms with van der Waals surface area (Å²) in [5, 5.41) is 0. The lowest BCUT2D eigenvalue weighted by Crippen LogP contribution is -2.15. The summed E-state index contributed by atoms with van der Waals surface area (Å²) in [5.41, 5.74) is 1.07. The van der Waals surface area contributed by atoms with Crippen molar-refractivity contribution >= 4 is 5.78 Å². The van der Waals surface area contributed by atoms with Crippen LogP contribution in [-0.4, -0.2) is 19.0 Å². The second-order valence-corrected chi connectivity index (χ2v) is 4.47. The van der Waals surface area contributed by atoms with Crippen LogP contribution in [0.5, 0.6) is 17.2 Å². The van der Waals surface area contributed by atoms with Gasteiger partial charge in [0.25, 0.3) is 0 Å². The molecule has 1 heterocycles. The molecule has 0 aromatic heterocycles. The summed E-state index contributed by atoms with van der Waals surface area (Å²) in [6, 6.07) is 15.2. The van der Waals surface area contributed by atoms with Crippen LogP contribution in [0.3, 0.4) is 0 Å². The summed E-state index contributed by atoms with van der Waals surface area (Å²) >= 11 is 0. The molecular formula is C16H14O4. The Morgan fingerprint density at radius 2 is 1.75 bits per heavy atom. The zero-order chi connectivity index (χ0) is 13.8. The van der Waals surface area contributed by atoms with Crippen LogP contribution < -0.4 is 14.2 Å². The Bertz CT molecular complexity index is 607. The first-order chi connectivity index (χ1) is 9.83. The lowest BCUT2D eigenvalue weighted by Gasteiger charge is -2.13. The first-order valence-corrected chi connectivity index (χ1v) is 6.40. The highest BCUT2D eigenvalue weighted by atomic mass is 16.6. The zero-order valence-electron chi connectivity index (χ0n) is 10.9. The predicted octanol–water partition coefficient (Wildman–Crippen LogP) is 2.61. The molecule has 0 unspecified atom stereocenters. The topological polar surface area (TPSA) is 44.8 Å². The Hall–Kier alpha value is -2.49. The number of rotatable bonds is 3. The molecule has 0 amide bonds. The summed E-state index contributed by atoms with van der Waals surface area (Å²) in [6.45, 7) is 0.489. The molecule has 102 valence electrons. The monoisotopic (exact) mass is 270 g/mol. The molecule has 0 N–H and O–H groups in total. The highest BCUT2D eigenvalue weighted by Gasteiger charge is 2.19. The zero-order valence-corrected chi connectivity index (χ0v) is 10.9. The second-order valence-electron chi connectivity index (χ2n) is 4.47. The lowest BCUT2D eigenvalue weighted by molar-refractivity contribution is -0.122. The summed E-state index contributed by atoms with van der Waals surface area (Å²) < 4.78 is 16.6. The van der Waals surface area contributed by atoms with Gasteiger partial charge in [0.2, 0.25) is 11.5 Å². The van der Waals surface area contributed by atoms with Crippen molar-refractivity contribution in [2.45, 2.75) is 6.61 Å². The number of carbonyl (C=O) groups excluding carboxylic acids is 1. The molecule has 4 nitrogen and oxygen atoms in total. The van der Waals surface area contributed by atoms with E-state index in [9.17, 15) is 4.79 Å². The average molecular weight is 270 g/mol. The van der Waals surface area contributed by atoms with Gasteiger partial charge in [-0.2, -0.15) is 0 Å². The molecule has 0 radical (unpaired) electrons. The number of Topliss-reactive ketones (excluding diaryl/α,β-unsaturated/α-hetero) is 1. The van der Waals surface area contributed by atoms with Crippen molar-refractivity contribution in [2.24, 2.45) is 0 Å². The van der Waals surface area contributed by atoms with Crippen molar-refractivity contribution < 1.29 is 19.0 Å². The third kappa shape index (κ3) is 2.74. The molecular weight excluding hydrogens is 256 g/mol. The van der Waals surface area contributed by atoms with Crippen molar-refractivity contribution in [3.8, 4) is 17.2 Å². The standard InChI is InChI=1S/C16H14O4/c17-13-10-19-15-8-4-7-14(16(15)20-11-13)18-9-12-5-2-1-3-6-12/h1-8H,9-11H2. The molecule has 1 aliphatic rings. The number of carbonyl (C=O) groups is 1. The second kappa shape index (κ2) is 5.65. The van der Waals surface area contributed by atoms with Crippen LogP contribution in [0, 0.1) is 0 Å². The lowest BCUT2D eigenvalue weighted by atomic mass is 10.2. The van der Waals surface area contributed by atoms with E-state index in [0.29, 0.717) is 23.9 Å². The molecule has 0 fully saturated rings. The Morgan fingerprint density at radius 1 is 0.950 bits per heavy atom. The van der Waals surface area contributed by atoms with Crippen LogP contribution in [0.15, 0.2) is 48.5 Å². The maximum Gasteiger partial charge on any atom is 0.207 e. The van der Waals surface area contributed by atoms with Crippen LogP contribution in [0.25, 0.3) is 0 Å². The number of ketones is 1. The van der Waals surface area contributed by atoms with Crippen molar-refractivity contribution in [3.63, 3.8) is 0 Å². The van der Waals surface area contributed by atoms with Gasteiger partial charge in [-0.15, -0.1) is 0 Å². The Kier molecular flexibility index (Phi) is 3.54. The quantitative estimate of drug-likeness (QED) is 0.860. The highest BCUT2D eigenvalue weighted by Crippen LogP contribution is 2.38. The summed E-state index contributed by atoms with van der Waals surface area (Å²) in [7, 11) is 0. The van der Waals surface area contributed by atoms with Gasteiger partial charge in [0.15, 0.2) is 24.7 Å². The van der Waals surface area contributed by atoms with E-state index in [-0.39, 0.29) is 19.0 Å². The van der Waals surface area contributed by atoms with Crippen molar-refractivity contribution in [3.05, 3.63) is 54.1 Å². The normalized spacial score (nSPS) is 13.7. The third-order valence-corrected chi connectivity index (χ3v) is 2.95. The van der Waals surface area contributed by atoms with E-state index < -0.39 is 0 Å². The maximum absolute atomic E-state index is 11.4. The summed E-state index contributed by atoms with van der Waals surface area (Å²) in [5.74, 6) is 1.53. The van der Waals surface area contributed by atoms with Gasteiger partial charge in [0, 0.05) is 0 Å². The number of fused-ring (bicyclic) bond motifs is 1. The van der Waals surface area contributed by atoms with Crippen LogP contribution >= 0.6 is 0 Å². The van der Waals surface area contributed by atoms with Crippen molar-refractivity contribution in [2.75, 3.05) is 13.2 Å². The van der Waals surface area contributed by atoms with Crippen LogP contribution in [0.1, 0.15) is 5.56 Å². The van der Waals surface area contributed by atoms with E-state index in [2.05, 4.69) is 0 Å². The molecule has 0 spiro atoms. The highest BCUT2D eigenvalue weighted by molar-refractivity contribution is 5.82. The van der Waals surface area contributed by atoms with E-state index in [0.717, 1.165) is 5.56 Å². The van der Waals surface area contributed by atoms with Gasteiger partial charge in [-0.05, 0) is 17.7 Å². The van der Waals surface area contributed by atoms with E-state index >= 15 is 0 Å². The van der Waals surface area contributed by atoms with Crippen molar-refractivity contribution in [1.82, 2.24) is 0 Å². The maximum atomic E-state index is 11.4. The largest absolute Gasteiger partial charge is 0.485 e. The number of ether oxygens (including phenoxy) is 3. The van der Waals surface area contributed by atoms with Gasteiger partial charge in [-0.25, -0.2) is 0 Å². The fourth-order valence-electron chi connectivity index (χ4n) is 1.95. The molecule has 0 atom stereocenters. The van der Waals surface area contributed by atoms with Gasteiger partial charge in [0.1, 0.15) is 6.61 Å². The fraction of sp³-hybridized carbons (Fsp3) is 0.188. The van der Waals surface area contributed by atoms with Crippen LogP contribution in [0.4, 0.5) is 0 Å². The molecule has 0 bridgehead atoms. The van der Waals surface area contributed by atoms with E-state index in [1.54, 1.807) is 12.1 Å². The molecule has 4 heteroatoms. The molecule has 2 aromatic carbocycles. The molecule has 1 aliphatic heterocycles. The van der Waals surface area contributed by atoms with E-state index in [4.69, 9.17) is 14.2 Å². The van der Waals surface area contributed by atoms with Crippen LogP contribution in [0.2, 0.25) is 0 Å². The number of hydrogen-bond donors (Lipinski definition) is 0. The van der Waals surface area contributed by atoms with Gasteiger partial charge in [-0.3, -0.25) is 4.79 Å². The fourth-order valence-corrected chi connectivity index (χ4v) is 1.95. The van der Waals surface area contributed by atoms with E-state index in [1.165, 1.54) is 0 Å². The minimum Gasteiger partial charge on any atom is -0.485 e. The van der Waals surface area contributed by atoms with Gasteiger partial charge in [0.05, 0.1) is 0 Å². The molecule has 0 saturated heterocycles. The minimum absolute atomic E-state index is 0.0126. The average Bonchev–Trinajstić information content (AvgIpc) is 2.69. The number of benzene rings is 2. The smallest absolute Gasteiger partial charge is 0.207 e. The van der Waals surface area contributed by atoms with E-state index in [1.807, 2.05) is 36.4 Å². The Balaban J connectivity index is 1.79. The summed E-state index contributed by atoms with van der Waals surface area (Å²) in [6.07, 6.45) is 0. The Labute approximate surface area is 116 Å². The molecule has 2 aromatic rings. The van der Waals surface area contributed by atoms with Crippen LogP contribution in [-0.2, 0) is 11.4 Å². The number of hydrogen-bond acceptors (Lipinski definition) is 4. The molecule has 20 heavy (non-hydrogen) atoms. The minimum atomic E-state index is -0.0878. The predicted molar refractivity (Wildman–Crippen MR) is 73.2 cm³/mol. The first-order valence-electron chi connectivity index (χ1n) is 6.40. The van der Waals surface area contributed by atoms with Crippen molar-refractivity contribution in [1.29, 1.82) is 0 Å². The Morgan fingerprint density at radius 3 is 2.60 bits per heavy atom. The molecule has 0 aliphatic carbocycles. The van der Waals surface area contributed by atoms with Gasteiger partial charge in [-0.1, -0.05) is 36.4 Å². The molecule has 0 saturated carbocycles. The first kappa shape index (κ1) is 12.5. The SMILES string of the molecule is O=C1COc2cccc(OCc3ccccc3)c2OC1.